The van der Waals surface area contributed by atoms with Crippen LogP contribution in [-0.2, 0) is 7.05 Å². The summed E-state index contributed by atoms with van der Waals surface area (Å²) in [6.45, 7) is 4.97. The maximum absolute atomic E-state index is 12.7. The van der Waals surface area contributed by atoms with E-state index in [0.717, 1.165) is 30.7 Å². The summed E-state index contributed by atoms with van der Waals surface area (Å²) in [4.78, 5) is 35.1. The highest BCUT2D eigenvalue weighted by Crippen LogP contribution is 2.16. The van der Waals surface area contributed by atoms with Gasteiger partial charge in [-0.3, -0.25) is 19.3 Å². The summed E-state index contributed by atoms with van der Waals surface area (Å²) in [5.41, 5.74) is 2.48. The van der Waals surface area contributed by atoms with Crippen LogP contribution in [-0.4, -0.2) is 55.6 Å². The third-order valence-corrected chi connectivity index (χ3v) is 4.61. The summed E-state index contributed by atoms with van der Waals surface area (Å²) < 4.78 is 1.66. The number of nitrogens with one attached hydrogen (secondary N) is 1. The highest BCUT2D eigenvalue weighted by atomic mass is 16.2. The zero-order valence-electron chi connectivity index (χ0n) is 15.4. The number of carbonyl (C=O) groups excluding carboxylic acids is 2. The van der Waals surface area contributed by atoms with Gasteiger partial charge in [-0.05, 0) is 33.1 Å². The summed E-state index contributed by atoms with van der Waals surface area (Å²) in [5.74, 6) is -0.211. The SMILES string of the molecule is Cc1cnc(C(=O)N[C@@H]2CCCN(C(=O)c3cn(C)nc3C)CC2)cn1. The summed E-state index contributed by atoms with van der Waals surface area (Å²) in [5, 5.41) is 7.26. The Kier molecular flexibility index (Phi) is 5.29. The molecule has 0 aromatic carbocycles. The van der Waals surface area contributed by atoms with Crippen LogP contribution in [0.3, 0.4) is 0 Å². The van der Waals surface area contributed by atoms with E-state index in [9.17, 15) is 9.59 Å². The van der Waals surface area contributed by atoms with Crippen LogP contribution in [0.15, 0.2) is 18.6 Å². The van der Waals surface area contributed by atoms with Gasteiger partial charge in [-0.1, -0.05) is 0 Å². The molecule has 1 saturated heterocycles. The Morgan fingerprint density at radius 1 is 1.15 bits per heavy atom. The second-order valence-corrected chi connectivity index (χ2v) is 6.74. The molecule has 3 heterocycles. The second kappa shape index (κ2) is 7.63. The molecule has 0 saturated carbocycles. The minimum atomic E-state index is -0.217. The smallest absolute Gasteiger partial charge is 0.271 e. The lowest BCUT2D eigenvalue weighted by molar-refractivity contribution is 0.0760. The standard InChI is InChI=1S/C18H24N6O2/c1-12-9-20-16(10-19-12)17(25)21-14-5-4-7-24(8-6-14)18(26)15-11-23(3)22-13(15)2/h9-11,14H,4-8H2,1-3H3,(H,21,25)/t14-/m1/s1. The van der Waals surface area contributed by atoms with Gasteiger partial charge in [0, 0.05) is 38.6 Å². The number of hydrogen-bond donors (Lipinski definition) is 1. The Balaban J connectivity index is 1.59. The quantitative estimate of drug-likeness (QED) is 0.893. The molecule has 8 nitrogen and oxygen atoms in total. The topological polar surface area (TPSA) is 93.0 Å². The lowest BCUT2D eigenvalue weighted by atomic mass is 10.1. The van der Waals surface area contributed by atoms with Crippen molar-refractivity contribution in [1.29, 1.82) is 0 Å². The molecule has 8 heteroatoms. The third-order valence-electron chi connectivity index (χ3n) is 4.61. The zero-order valence-corrected chi connectivity index (χ0v) is 15.4. The Labute approximate surface area is 152 Å². The second-order valence-electron chi connectivity index (χ2n) is 6.74. The summed E-state index contributed by atoms with van der Waals surface area (Å²) in [6.07, 6.45) is 7.23. The largest absolute Gasteiger partial charge is 0.348 e. The van der Waals surface area contributed by atoms with Crippen molar-refractivity contribution in [3.63, 3.8) is 0 Å². The minimum Gasteiger partial charge on any atom is -0.348 e. The molecule has 0 aliphatic carbocycles. The zero-order chi connectivity index (χ0) is 18.7. The first-order chi connectivity index (χ1) is 12.4. The van der Waals surface area contributed by atoms with Crippen LogP contribution in [0.4, 0.5) is 0 Å². The lowest BCUT2D eigenvalue weighted by Gasteiger charge is -2.20. The van der Waals surface area contributed by atoms with Crippen molar-refractivity contribution < 1.29 is 9.59 Å². The van der Waals surface area contributed by atoms with Crippen LogP contribution < -0.4 is 5.32 Å². The van der Waals surface area contributed by atoms with E-state index in [0.29, 0.717) is 24.3 Å². The van der Waals surface area contributed by atoms with Crippen molar-refractivity contribution in [2.75, 3.05) is 13.1 Å². The Bertz CT molecular complexity index is 799. The van der Waals surface area contributed by atoms with E-state index in [2.05, 4.69) is 20.4 Å². The van der Waals surface area contributed by atoms with Crippen molar-refractivity contribution in [2.45, 2.75) is 39.2 Å². The van der Waals surface area contributed by atoms with E-state index < -0.39 is 0 Å². The number of carbonyl (C=O) groups is 2. The van der Waals surface area contributed by atoms with Gasteiger partial charge in [0.05, 0.1) is 23.1 Å². The van der Waals surface area contributed by atoms with Crippen LogP contribution in [0.25, 0.3) is 0 Å². The van der Waals surface area contributed by atoms with E-state index in [1.54, 1.807) is 17.1 Å². The molecule has 2 aromatic heterocycles. The predicted octanol–water partition coefficient (Wildman–Crippen LogP) is 1.25. The van der Waals surface area contributed by atoms with Crippen molar-refractivity contribution in [2.24, 2.45) is 7.05 Å². The molecular formula is C18H24N6O2. The van der Waals surface area contributed by atoms with Crippen LogP contribution in [0, 0.1) is 13.8 Å². The molecule has 138 valence electrons. The summed E-state index contributed by atoms with van der Waals surface area (Å²) in [6, 6.07) is 0.0263. The number of aromatic nitrogens is 4. The van der Waals surface area contributed by atoms with E-state index in [4.69, 9.17) is 0 Å². The number of rotatable bonds is 3. The fourth-order valence-electron chi connectivity index (χ4n) is 3.19. The van der Waals surface area contributed by atoms with Gasteiger partial charge in [-0.15, -0.1) is 0 Å². The predicted molar refractivity (Wildman–Crippen MR) is 95.7 cm³/mol. The minimum absolute atomic E-state index is 0.00646. The molecule has 0 unspecified atom stereocenters. The molecule has 1 N–H and O–H groups in total. The lowest BCUT2D eigenvalue weighted by Crippen LogP contribution is -2.37. The van der Waals surface area contributed by atoms with Gasteiger partial charge in [0.2, 0.25) is 0 Å². The number of nitrogens with zero attached hydrogens (tertiary/aromatic N) is 5. The van der Waals surface area contributed by atoms with Gasteiger partial charge in [0.1, 0.15) is 5.69 Å². The van der Waals surface area contributed by atoms with E-state index in [1.165, 1.54) is 6.20 Å². The van der Waals surface area contributed by atoms with Gasteiger partial charge in [0.15, 0.2) is 0 Å². The molecule has 3 rings (SSSR count). The van der Waals surface area contributed by atoms with Crippen LogP contribution in [0.1, 0.15) is 51.5 Å². The fourth-order valence-corrected chi connectivity index (χ4v) is 3.19. The number of amides is 2. The van der Waals surface area contributed by atoms with Crippen molar-refractivity contribution in [3.05, 3.63) is 41.2 Å². The molecule has 1 fully saturated rings. The molecule has 0 bridgehead atoms. The fraction of sp³-hybridized carbons (Fsp3) is 0.500. The summed E-state index contributed by atoms with van der Waals surface area (Å²) >= 11 is 0. The maximum atomic E-state index is 12.7. The average Bonchev–Trinajstić information content (AvgIpc) is 2.81. The molecule has 1 atom stereocenters. The summed E-state index contributed by atoms with van der Waals surface area (Å²) in [7, 11) is 1.81. The van der Waals surface area contributed by atoms with Gasteiger partial charge in [-0.2, -0.15) is 5.10 Å². The van der Waals surface area contributed by atoms with Crippen LogP contribution >= 0.6 is 0 Å². The molecule has 0 radical (unpaired) electrons. The molecule has 1 aliphatic rings. The first-order valence-corrected chi connectivity index (χ1v) is 8.83. The first kappa shape index (κ1) is 18.0. The first-order valence-electron chi connectivity index (χ1n) is 8.83. The van der Waals surface area contributed by atoms with Crippen LogP contribution in [0.2, 0.25) is 0 Å². The number of aryl methyl sites for hydroxylation is 3. The normalized spacial score (nSPS) is 17.7. The van der Waals surface area contributed by atoms with E-state index >= 15 is 0 Å². The molecule has 1 aliphatic heterocycles. The molecule has 2 aromatic rings. The molecular weight excluding hydrogens is 332 g/mol. The van der Waals surface area contributed by atoms with Gasteiger partial charge in [-0.25, -0.2) is 4.98 Å². The van der Waals surface area contributed by atoms with Crippen LogP contribution in [0.5, 0.6) is 0 Å². The van der Waals surface area contributed by atoms with E-state index in [-0.39, 0.29) is 17.9 Å². The Hall–Kier alpha value is -2.77. The van der Waals surface area contributed by atoms with Gasteiger partial charge in [0.25, 0.3) is 11.8 Å². The van der Waals surface area contributed by atoms with Crippen molar-refractivity contribution >= 4 is 11.8 Å². The molecule has 2 amide bonds. The molecule has 26 heavy (non-hydrogen) atoms. The number of likely N-dealkylation sites (tertiary alicyclic amines) is 1. The molecule has 0 spiro atoms. The average molecular weight is 356 g/mol. The van der Waals surface area contributed by atoms with Crippen molar-refractivity contribution in [1.82, 2.24) is 30.0 Å². The highest BCUT2D eigenvalue weighted by molar-refractivity contribution is 5.95. The van der Waals surface area contributed by atoms with Gasteiger partial charge < -0.3 is 10.2 Å². The Morgan fingerprint density at radius 2 is 1.96 bits per heavy atom. The Morgan fingerprint density at radius 3 is 2.62 bits per heavy atom. The highest BCUT2D eigenvalue weighted by Gasteiger charge is 2.25. The number of hydrogen-bond acceptors (Lipinski definition) is 5. The van der Waals surface area contributed by atoms with E-state index in [1.807, 2.05) is 25.8 Å². The maximum Gasteiger partial charge on any atom is 0.271 e. The van der Waals surface area contributed by atoms with Gasteiger partial charge >= 0.3 is 0 Å². The third kappa shape index (κ3) is 4.07. The van der Waals surface area contributed by atoms with Crippen molar-refractivity contribution in [3.8, 4) is 0 Å². The monoisotopic (exact) mass is 356 g/mol.